The zero-order chi connectivity index (χ0) is 29.1. The SMILES string of the molecule is COC(=O)C1(Oc2ccc(Cl)cc2[C@H]2CC(=S)N[C@@H](c3cc(F)ccc3C)[C@]23C(=O)Nc2cc(Cl)ccc23)CCC1. The minimum Gasteiger partial charge on any atom is -0.475 e. The first-order valence-electron chi connectivity index (χ1n) is 13.3. The fourth-order valence-electron chi connectivity index (χ4n) is 6.57. The molecule has 3 atom stereocenters. The summed E-state index contributed by atoms with van der Waals surface area (Å²) in [6.45, 7) is 1.87. The average molecular weight is 614 g/mol. The number of amides is 1. The number of piperidine rings is 1. The molecule has 2 fully saturated rings. The van der Waals surface area contributed by atoms with E-state index in [1.54, 1.807) is 36.4 Å². The van der Waals surface area contributed by atoms with E-state index in [-0.39, 0.29) is 12.3 Å². The van der Waals surface area contributed by atoms with Gasteiger partial charge in [0.1, 0.15) is 17.0 Å². The maximum Gasteiger partial charge on any atom is 0.350 e. The number of aryl methyl sites for hydroxylation is 1. The number of esters is 1. The Bertz CT molecular complexity index is 1610. The van der Waals surface area contributed by atoms with Gasteiger partial charge in [-0.05, 0) is 85.3 Å². The van der Waals surface area contributed by atoms with Crippen molar-refractivity contribution in [1.29, 1.82) is 0 Å². The highest BCUT2D eigenvalue weighted by molar-refractivity contribution is 7.80. The summed E-state index contributed by atoms with van der Waals surface area (Å²) < 4.78 is 26.3. The van der Waals surface area contributed by atoms with Crippen molar-refractivity contribution in [3.05, 3.63) is 92.7 Å². The molecule has 1 spiro atoms. The van der Waals surface area contributed by atoms with Crippen molar-refractivity contribution in [3.63, 3.8) is 0 Å². The van der Waals surface area contributed by atoms with Crippen LogP contribution < -0.4 is 15.4 Å². The van der Waals surface area contributed by atoms with Gasteiger partial charge in [-0.3, -0.25) is 4.79 Å². The molecule has 3 aromatic rings. The molecule has 10 heteroatoms. The standard InChI is InChI=1S/C31H27Cl2FN2O4S/c1-16-4-7-19(34)14-20(16)27-31(22-8-5-18(33)13-24(22)35-28(31)37)23(15-26(41)36-27)21-12-17(32)6-9-25(21)40-30(10-3-11-30)29(38)39-2/h4-9,12-14,23,27H,3,10-11,15H2,1-2H3,(H,35,37)(H,36,41)/t23-,27+,31-/m1/s1. The number of fused-ring (bicyclic) bond motifs is 2. The summed E-state index contributed by atoms with van der Waals surface area (Å²) in [6, 6.07) is 14.2. The topological polar surface area (TPSA) is 76.7 Å². The molecule has 6 nitrogen and oxygen atoms in total. The molecule has 2 aliphatic heterocycles. The first-order valence-corrected chi connectivity index (χ1v) is 14.5. The Hall–Kier alpha value is -3.20. The monoisotopic (exact) mass is 612 g/mol. The largest absolute Gasteiger partial charge is 0.475 e. The van der Waals surface area contributed by atoms with Gasteiger partial charge in [0.05, 0.1) is 18.1 Å². The van der Waals surface area contributed by atoms with E-state index in [0.29, 0.717) is 56.0 Å². The second kappa shape index (κ2) is 10.3. The number of benzene rings is 3. The zero-order valence-corrected chi connectivity index (χ0v) is 24.7. The van der Waals surface area contributed by atoms with Crippen LogP contribution in [0.4, 0.5) is 10.1 Å². The van der Waals surface area contributed by atoms with Crippen LogP contribution in [0.5, 0.6) is 5.75 Å². The van der Waals surface area contributed by atoms with Crippen molar-refractivity contribution < 1.29 is 23.5 Å². The summed E-state index contributed by atoms with van der Waals surface area (Å²) in [4.78, 5) is 27.7. The third-order valence-corrected chi connectivity index (χ3v) is 9.43. The van der Waals surface area contributed by atoms with Crippen LogP contribution in [0, 0.1) is 12.7 Å². The van der Waals surface area contributed by atoms with Gasteiger partial charge < -0.3 is 20.1 Å². The number of carbonyl (C=O) groups is 2. The van der Waals surface area contributed by atoms with Crippen molar-refractivity contribution in [2.24, 2.45) is 0 Å². The normalized spacial score (nSPS) is 24.2. The molecule has 0 bridgehead atoms. The Balaban J connectivity index is 1.61. The van der Waals surface area contributed by atoms with Crippen LogP contribution in [0.15, 0.2) is 54.6 Å². The Kier molecular flexibility index (Phi) is 6.99. The third kappa shape index (κ3) is 4.39. The Morgan fingerprint density at radius 2 is 1.78 bits per heavy atom. The lowest BCUT2D eigenvalue weighted by Gasteiger charge is -2.48. The summed E-state index contributed by atoms with van der Waals surface area (Å²) in [5, 5.41) is 7.30. The number of halogens is 3. The number of anilines is 1. The smallest absolute Gasteiger partial charge is 0.350 e. The van der Waals surface area contributed by atoms with Gasteiger partial charge in [-0.25, -0.2) is 9.18 Å². The van der Waals surface area contributed by atoms with Crippen molar-refractivity contribution >= 4 is 58.0 Å². The van der Waals surface area contributed by atoms with E-state index in [4.69, 9.17) is 44.9 Å². The highest BCUT2D eigenvalue weighted by atomic mass is 35.5. The van der Waals surface area contributed by atoms with Gasteiger partial charge in [0, 0.05) is 33.6 Å². The van der Waals surface area contributed by atoms with Gasteiger partial charge in [-0.1, -0.05) is 47.6 Å². The van der Waals surface area contributed by atoms with E-state index >= 15 is 0 Å². The second-order valence-electron chi connectivity index (χ2n) is 10.9. The van der Waals surface area contributed by atoms with Crippen molar-refractivity contribution in [2.45, 2.75) is 55.6 Å². The average Bonchev–Trinajstić information content (AvgIpc) is 3.20. The minimum absolute atomic E-state index is 0.275. The molecule has 2 N–H and O–H groups in total. The van der Waals surface area contributed by atoms with Crippen molar-refractivity contribution in [3.8, 4) is 5.75 Å². The van der Waals surface area contributed by atoms with Crippen LogP contribution in [0.3, 0.4) is 0 Å². The van der Waals surface area contributed by atoms with E-state index in [0.717, 1.165) is 12.0 Å². The number of ether oxygens (including phenoxy) is 2. The maximum absolute atomic E-state index is 14.7. The lowest BCUT2D eigenvalue weighted by atomic mass is 9.59. The van der Waals surface area contributed by atoms with Gasteiger partial charge >= 0.3 is 5.97 Å². The van der Waals surface area contributed by atoms with E-state index in [9.17, 15) is 14.0 Å². The van der Waals surface area contributed by atoms with Crippen LogP contribution in [0.25, 0.3) is 0 Å². The molecule has 3 aromatic carbocycles. The quantitative estimate of drug-likeness (QED) is 0.240. The summed E-state index contributed by atoms with van der Waals surface area (Å²) in [6.07, 6.45) is 2.10. The number of carbonyl (C=O) groups excluding carboxylic acids is 2. The van der Waals surface area contributed by atoms with Crippen LogP contribution in [0.2, 0.25) is 10.0 Å². The number of hydrogen-bond donors (Lipinski definition) is 2. The molecule has 3 aliphatic rings. The first-order chi connectivity index (χ1) is 19.6. The van der Waals surface area contributed by atoms with Gasteiger partial charge in [-0.2, -0.15) is 0 Å². The predicted molar refractivity (Wildman–Crippen MR) is 159 cm³/mol. The lowest BCUT2D eigenvalue weighted by molar-refractivity contribution is -0.167. The highest BCUT2D eigenvalue weighted by Gasteiger charge is 2.61. The first kappa shape index (κ1) is 27.9. The molecule has 41 heavy (non-hydrogen) atoms. The van der Waals surface area contributed by atoms with Crippen LogP contribution in [-0.2, 0) is 19.7 Å². The molecule has 1 saturated heterocycles. The van der Waals surface area contributed by atoms with Crippen LogP contribution in [-0.4, -0.2) is 29.6 Å². The highest BCUT2D eigenvalue weighted by Crippen LogP contribution is 2.59. The summed E-state index contributed by atoms with van der Waals surface area (Å²) in [5.41, 5.74) is 0.844. The number of methoxy groups -OCH3 is 1. The van der Waals surface area contributed by atoms with Gasteiger partial charge in [0.15, 0.2) is 0 Å². The van der Waals surface area contributed by atoms with E-state index in [1.165, 1.54) is 19.2 Å². The summed E-state index contributed by atoms with van der Waals surface area (Å²) in [7, 11) is 1.34. The second-order valence-corrected chi connectivity index (χ2v) is 12.3. The molecule has 1 saturated carbocycles. The molecular weight excluding hydrogens is 586 g/mol. The number of nitrogens with one attached hydrogen (secondary N) is 2. The maximum atomic E-state index is 14.7. The number of thiocarbonyl (C=S) groups is 1. The van der Waals surface area contributed by atoms with E-state index in [2.05, 4.69) is 10.6 Å². The summed E-state index contributed by atoms with van der Waals surface area (Å²) >= 11 is 18.7. The Morgan fingerprint density at radius 1 is 1.05 bits per heavy atom. The van der Waals surface area contributed by atoms with Crippen molar-refractivity contribution in [2.75, 3.05) is 12.4 Å². The van der Waals surface area contributed by atoms with Gasteiger partial charge in [0.2, 0.25) is 11.5 Å². The molecule has 0 aromatic heterocycles. The summed E-state index contributed by atoms with van der Waals surface area (Å²) in [5.74, 6) is -1.36. The van der Waals surface area contributed by atoms with E-state index in [1.807, 2.05) is 13.0 Å². The molecule has 1 aliphatic carbocycles. The Morgan fingerprint density at radius 3 is 2.49 bits per heavy atom. The molecule has 2 heterocycles. The van der Waals surface area contributed by atoms with Crippen molar-refractivity contribution in [1.82, 2.24) is 5.32 Å². The fourth-order valence-corrected chi connectivity index (χ4v) is 7.21. The van der Waals surface area contributed by atoms with Crippen LogP contribution >= 0.6 is 35.4 Å². The fraction of sp³-hybridized carbons (Fsp3) is 0.323. The van der Waals surface area contributed by atoms with Crippen LogP contribution in [0.1, 0.15) is 59.9 Å². The molecular formula is C31H27Cl2FN2O4S. The Labute approximate surface area is 252 Å². The minimum atomic E-state index is -1.30. The van der Waals surface area contributed by atoms with Gasteiger partial charge in [-0.15, -0.1) is 0 Å². The third-order valence-electron chi connectivity index (χ3n) is 8.67. The van der Waals surface area contributed by atoms with Gasteiger partial charge in [0.25, 0.3) is 0 Å². The molecule has 1 amide bonds. The molecule has 0 unspecified atom stereocenters. The van der Waals surface area contributed by atoms with E-state index < -0.39 is 34.8 Å². The predicted octanol–water partition coefficient (Wildman–Crippen LogP) is 6.95. The molecule has 0 radical (unpaired) electrons. The zero-order valence-electron chi connectivity index (χ0n) is 22.4. The molecule has 212 valence electrons. The number of hydrogen-bond acceptors (Lipinski definition) is 5. The number of rotatable bonds is 5. The lowest BCUT2D eigenvalue weighted by Crippen LogP contribution is -2.57. The molecule has 6 rings (SSSR count).